The van der Waals surface area contributed by atoms with Gasteiger partial charge < -0.3 is 9.73 Å². The van der Waals surface area contributed by atoms with Crippen molar-refractivity contribution in [1.29, 1.82) is 0 Å². The molecule has 2 aromatic carbocycles. The van der Waals surface area contributed by atoms with Crippen LogP contribution in [0, 0.1) is 0 Å². The summed E-state index contributed by atoms with van der Waals surface area (Å²) in [4.78, 5) is 18.0. The van der Waals surface area contributed by atoms with Gasteiger partial charge in [-0.2, -0.15) is 0 Å². The molecule has 0 unspecified atom stereocenters. The Kier molecular flexibility index (Phi) is 4.80. The minimum atomic E-state index is -0.109. The first-order valence-electron chi connectivity index (χ1n) is 8.52. The molecule has 0 aliphatic heterocycles. The van der Waals surface area contributed by atoms with Gasteiger partial charge in [-0.05, 0) is 41.6 Å². The summed E-state index contributed by atoms with van der Waals surface area (Å²) in [5.74, 6) is 0.586. The Balaban J connectivity index is 1.44. The van der Waals surface area contributed by atoms with E-state index < -0.39 is 0 Å². The fourth-order valence-electron chi connectivity index (χ4n) is 2.80. The summed E-state index contributed by atoms with van der Waals surface area (Å²) in [5, 5.41) is 4.93. The Bertz CT molecular complexity index is 1010. The molecule has 0 bridgehead atoms. The van der Waals surface area contributed by atoms with E-state index >= 15 is 0 Å². The normalized spacial score (nSPS) is 10.9. The fourth-order valence-corrected chi connectivity index (χ4v) is 3.44. The van der Waals surface area contributed by atoms with Gasteiger partial charge in [0.15, 0.2) is 11.5 Å². The van der Waals surface area contributed by atoms with E-state index in [1.165, 1.54) is 5.56 Å². The Hall–Kier alpha value is -2.92. The molecule has 0 radical (unpaired) electrons. The van der Waals surface area contributed by atoms with Gasteiger partial charge in [0.1, 0.15) is 5.52 Å². The second-order valence-electron chi connectivity index (χ2n) is 6.04. The van der Waals surface area contributed by atoms with Crippen molar-refractivity contribution in [2.45, 2.75) is 19.4 Å². The topological polar surface area (TPSA) is 55.1 Å². The predicted octanol–water partition coefficient (Wildman–Crippen LogP) is 4.60. The third-order valence-electron chi connectivity index (χ3n) is 4.17. The lowest BCUT2D eigenvalue weighted by Crippen LogP contribution is -2.22. The van der Waals surface area contributed by atoms with E-state index in [9.17, 15) is 4.79 Å². The van der Waals surface area contributed by atoms with Gasteiger partial charge in [-0.3, -0.25) is 4.79 Å². The molecule has 0 aliphatic rings. The zero-order valence-electron chi connectivity index (χ0n) is 14.1. The summed E-state index contributed by atoms with van der Waals surface area (Å²) in [6, 6.07) is 19.6. The van der Waals surface area contributed by atoms with Gasteiger partial charge in [-0.25, -0.2) is 4.98 Å². The first-order valence-corrected chi connectivity index (χ1v) is 9.40. The van der Waals surface area contributed by atoms with Crippen LogP contribution in [0.1, 0.15) is 26.7 Å². The summed E-state index contributed by atoms with van der Waals surface area (Å²) in [7, 11) is 0. The predicted molar refractivity (Wildman–Crippen MR) is 103 cm³/mol. The van der Waals surface area contributed by atoms with Crippen molar-refractivity contribution in [3.63, 3.8) is 0 Å². The molecule has 0 atom stereocenters. The molecule has 4 nitrogen and oxygen atoms in total. The number of amides is 1. The van der Waals surface area contributed by atoms with Gasteiger partial charge in [0.05, 0.1) is 6.54 Å². The molecule has 4 aromatic rings. The number of aryl methyl sites for hydroxylation is 2. The number of benzene rings is 2. The van der Waals surface area contributed by atoms with Crippen molar-refractivity contribution in [3.05, 3.63) is 87.9 Å². The first kappa shape index (κ1) is 16.5. The van der Waals surface area contributed by atoms with E-state index in [0.717, 1.165) is 23.2 Å². The molecule has 2 heterocycles. The number of aromatic nitrogens is 1. The molecular weight excluding hydrogens is 344 g/mol. The number of rotatable bonds is 6. The average molecular weight is 362 g/mol. The number of hydrogen-bond acceptors (Lipinski definition) is 4. The number of carbonyl (C=O) groups excluding carboxylic acids is 1. The number of oxazole rings is 1. The summed E-state index contributed by atoms with van der Waals surface area (Å²) in [6.45, 7) is 0.535. The van der Waals surface area contributed by atoms with Gasteiger partial charge in [-0.15, -0.1) is 11.3 Å². The largest absolute Gasteiger partial charge is 0.441 e. The van der Waals surface area contributed by atoms with E-state index in [4.69, 9.17) is 4.42 Å². The van der Waals surface area contributed by atoms with E-state index in [1.807, 2.05) is 41.8 Å². The molecule has 2 aromatic heterocycles. The highest BCUT2D eigenvalue weighted by molar-refractivity contribution is 7.09. The highest BCUT2D eigenvalue weighted by atomic mass is 32.1. The standard InChI is InChI=1S/C21H18N2O2S/c24-21(22-14-17-7-4-12-26-17)16-9-10-18-19(13-16)25-20(23-18)11-8-15-5-2-1-3-6-15/h1-7,9-10,12-13H,8,11,14H2,(H,22,24). The minimum absolute atomic E-state index is 0.109. The number of hydrogen-bond donors (Lipinski definition) is 1. The number of nitrogens with zero attached hydrogens (tertiary/aromatic N) is 1. The van der Waals surface area contributed by atoms with Crippen molar-refractivity contribution in [1.82, 2.24) is 10.3 Å². The Morgan fingerprint density at radius 1 is 1.04 bits per heavy atom. The van der Waals surface area contributed by atoms with Crippen LogP contribution in [-0.4, -0.2) is 10.9 Å². The maximum absolute atomic E-state index is 12.3. The summed E-state index contributed by atoms with van der Waals surface area (Å²) in [6.07, 6.45) is 1.61. The second kappa shape index (κ2) is 7.54. The van der Waals surface area contributed by atoms with Gasteiger partial charge in [-0.1, -0.05) is 36.4 Å². The van der Waals surface area contributed by atoms with Crippen molar-refractivity contribution in [2.24, 2.45) is 0 Å². The van der Waals surface area contributed by atoms with Gasteiger partial charge in [0.2, 0.25) is 0 Å². The van der Waals surface area contributed by atoms with Gasteiger partial charge >= 0.3 is 0 Å². The number of carbonyl (C=O) groups is 1. The zero-order valence-corrected chi connectivity index (χ0v) is 15.0. The van der Waals surface area contributed by atoms with Crippen LogP contribution in [-0.2, 0) is 19.4 Å². The van der Waals surface area contributed by atoms with Crippen molar-refractivity contribution in [2.75, 3.05) is 0 Å². The van der Waals surface area contributed by atoms with Crippen LogP contribution in [0.15, 0.2) is 70.5 Å². The smallest absolute Gasteiger partial charge is 0.251 e. The van der Waals surface area contributed by atoms with E-state index in [2.05, 4.69) is 22.4 Å². The molecule has 5 heteroatoms. The molecule has 130 valence electrons. The molecule has 0 saturated carbocycles. The van der Waals surface area contributed by atoms with Crippen molar-refractivity contribution in [3.8, 4) is 0 Å². The molecule has 1 N–H and O–H groups in total. The molecule has 4 rings (SSSR count). The fraction of sp³-hybridized carbons (Fsp3) is 0.143. The summed E-state index contributed by atoms with van der Waals surface area (Å²) >= 11 is 1.63. The highest BCUT2D eigenvalue weighted by Gasteiger charge is 2.11. The lowest BCUT2D eigenvalue weighted by atomic mass is 10.1. The Morgan fingerprint density at radius 2 is 1.92 bits per heavy atom. The maximum atomic E-state index is 12.3. The molecular formula is C21H18N2O2S. The van der Waals surface area contributed by atoms with Crippen LogP contribution in [0.2, 0.25) is 0 Å². The number of fused-ring (bicyclic) bond motifs is 1. The lowest BCUT2D eigenvalue weighted by Gasteiger charge is -2.03. The number of nitrogens with one attached hydrogen (secondary N) is 1. The number of thiophene rings is 1. The summed E-state index contributed by atoms with van der Waals surface area (Å²) < 4.78 is 5.84. The van der Waals surface area contributed by atoms with Crippen molar-refractivity contribution < 1.29 is 9.21 Å². The average Bonchev–Trinajstić information content (AvgIpc) is 3.34. The molecule has 1 amide bonds. The summed E-state index contributed by atoms with van der Waals surface area (Å²) in [5.41, 5.74) is 3.27. The monoisotopic (exact) mass is 362 g/mol. The van der Waals surface area contributed by atoms with Crippen LogP contribution in [0.3, 0.4) is 0 Å². The molecule has 26 heavy (non-hydrogen) atoms. The molecule has 0 aliphatic carbocycles. The third-order valence-corrected chi connectivity index (χ3v) is 5.04. The Labute approximate surface area is 155 Å². The van der Waals surface area contributed by atoms with Crippen LogP contribution in [0.4, 0.5) is 0 Å². The van der Waals surface area contributed by atoms with Crippen LogP contribution >= 0.6 is 11.3 Å². The highest BCUT2D eigenvalue weighted by Crippen LogP contribution is 2.19. The minimum Gasteiger partial charge on any atom is -0.441 e. The van der Waals surface area contributed by atoms with E-state index in [1.54, 1.807) is 23.5 Å². The van der Waals surface area contributed by atoms with Gasteiger partial charge in [0, 0.05) is 16.9 Å². The van der Waals surface area contributed by atoms with Crippen molar-refractivity contribution >= 4 is 28.3 Å². The van der Waals surface area contributed by atoms with E-state index in [0.29, 0.717) is 23.6 Å². The first-order chi connectivity index (χ1) is 12.8. The van der Waals surface area contributed by atoms with Gasteiger partial charge in [0.25, 0.3) is 5.91 Å². The molecule has 0 saturated heterocycles. The quantitative estimate of drug-likeness (QED) is 0.545. The second-order valence-corrected chi connectivity index (χ2v) is 7.07. The third kappa shape index (κ3) is 3.83. The van der Waals surface area contributed by atoms with Crippen LogP contribution in [0.5, 0.6) is 0 Å². The maximum Gasteiger partial charge on any atom is 0.251 e. The SMILES string of the molecule is O=C(NCc1cccs1)c1ccc2nc(CCc3ccccc3)oc2c1. The molecule has 0 spiro atoms. The van der Waals surface area contributed by atoms with Crippen LogP contribution < -0.4 is 5.32 Å². The lowest BCUT2D eigenvalue weighted by molar-refractivity contribution is 0.0951. The zero-order chi connectivity index (χ0) is 17.8. The van der Waals surface area contributed by atoms with Crippen LogP contribution in [0.25, 0.3) is 11.1 Å². The van der Waals surface area contributed by atoms with E-state index in [-0.39, 0.29) is 5.91 Å². The molecule has 0 fully saturated rings. The Morgan fingerprint density at radius 3 is 2.73 bits per heavy atom.